The van der Waals surface area contributed by atoms with Gasteiger partial charge in [-0.1, -0.05) is 49.7 Å². The summed E-state index contributed by atoms with van der Waals surface area (Å²) in [6.07, 6.45) is -18.5. The summed E-state index contributed by atoms with van der Waals surface area (Å²) >= 11 is 0. The molecular formula is C20H25F9NO4S-. The summed E-state index contributed by atoms with van der Waals surface area (Å²) < 4.78 is 141. The van der Waals surface area contributed by atoms with Crippen molar-refractivity contribution in [3.8, 4) is 0 Å². The third-order valence-electron chi connectivity index (χ3n) is 5.79. The van der Waals surface area contributed by atoms with Gasteiger partial charge in [0.05, 0.1) is 0 Å². The molecule has 0 heterocycles. The molecule has 5 nitrogen and oxygen atoms in total. The van der Waals surface area contributed by atoms with E-state index in [2.05, 4.69) is 5.32 Å². The molecule has 35 heavy (non-hydrogen) atoms. The Balaban J connectivity index is 0.000000400. The molecule has 0 radical (unpaired) electrons. The van der Waals surface area contributed by atoms with Crippen LogP contribution in [-0.2, 0) is 14.9 Å². The molecule has 1 aromatic rings. The Labute approximate surface area is 196 Å². The highest BCUT2D eigenvalue weighted by molar-refractivity contribution is 7.86. The van der Waals surface area contributed by atoms with E-state index in [0.717, 1.165) is 0 Å². The van der Waals surface area contributed by atoms with Crippen LogP contribution in [0.5, 0.6) is 0 Å². The Bertz CT molecular complexity index is 891. The van der Waals surface area contributed by atoms with Gasteiger partial charge in [0, 0.05) is 5.92 Å². The van der Waals surface area contributed by atoms with E-state index in [1.54, 1.807) is 30.3 Å². The van der Waals surface area contributed by atoms with E-state index in [1.807, 2.05) is 0 Å². The summed E-state index contributed by atoms with van der Waals surface area (Å²) in [5, 5.41) is 12.4. The number of hydrogen-bond donors (Lipinski definition) is 2. The molecule has 15 heteroatoms. The first-order valence-corrected chi connectivity index (χ1v) is 11.6. The first-order valence-electron chi connectivity index (χ1n) is 10.2. The van der Waals surface area contributed by atoms with E-state index < -0.39 is 70.3 Å². The lowest BCUT2D eigenvalue weighted by Gasteiger charge is -2.45. The van der Waals surface area contributed by atoms with Gasteiger partial charge in [-0.3, -0.25) is 4.55 Å². The van der Waals surface area contributed by atoms with Crippen molar-refractivity contribution in [1.29, 1.82) is 0 Å². The fourth-order valence-electron chi connectivity index (χ4n) is 3.52. The zero-order chi connectivity index (χ0) is 27.5. The molecule has 0 saturated heterocycles. The van der Waals surface area contributed by atoms with E-state index in [0.29, 0.717) is 5.56 Å². The molecule has 1 fully saturated rings. The summed E-state index contributed by atoms with van der Waals surface area (Å²) in [6, 6.07) is 7.67. The molecule has 0 spiro atoms. The Hall–Kier alpha value is -1.58. The van der Waals surface area contributed by atoms with Crippen molar-refractivity contribution in [3.05, 3.63) is 41.2 Å². The molecule has 1 saturated carbocycles. The topological polar surface area (TPSA) is 88.7 Å². The lowest BCUT2D eigenvalue weighted by molar-refractivity contribution is -0.387. The molecule has 1 aliphatic carbocycles. The van der Waals surface area contributed by atoms with Gasteiger partial charge in [-0.05, 0) is 32.3 Å². The van der Waals surface area contributed by atoms with Crippen molar-refractivity contribution >= 4 is 10.1 Å². The monoisotopic (exact) mass is 546 g/mol. The van der Waals surface area contributed by atoms with E-state index in [-0.39, 0.29) is 12.8 Å². The number of aliphatic hydroxyl groups is 1. The molecular weight excluding hydrogens is 521 g/mol. The van der Waals surface area contributed by atoms with E-state index >= 15 is 0 Å². The van der Waals surface area contributed by atoms with Gasteiger partial charge in [0.2, 0.25) is 0 Å². The van der Waals surface area contributed by atoms with Crippen LogP contribution in [0.2, 0.25) is 0 Å². The maximum absolute atomic E-state index is 12.6. The number of nitrogens with zero attached hydrogens (tertiary/aromatic N) is 1. The fraction of sp³-hybridized carbons (Fsp3) is 0.700. The van der Waals surface area contributed by atoms with Crippen LogP contribution in [0.1, 0.15) is 45.1 Å². The Morgan fingerprint density at radius 1 is 0.857 bits per heavy atom. The second kappa shape index (κ2) is 10.8. The highest BCUT2D eigenvalue weighted by atomic mass is 32.2. The lowest BCUT2D eigenvalue weighted by Crippen LogP contribution is -2.62. The van der Waals surface area contributed by atoms with Crippen LogP contribution in [0.4, 0.5) is 39.5 Å². The maximum atomic E-state index is 12.6. The Kier molecular flexibility index (Phi) is 9.71. The van der Waals surface area contributed by atoms with Gasteiger partial charge in [0.15, 0.2) is 0 Å². The summed E-state index contributed by atoms with van der Waals surface area (Å²) in [6.45, 7) is 1.44. The Morgan fingerprint density at radius 2 is 1.29 bits per heavy atom. The second-order valence-corrected chi connectivity index (χ2v) is 10.5. The number of halogens is 9. The quantitative estimate of drug-likeness (QED) is 0.343. The number of hydrogen-bond acceptors (Lipinski definition) is 3. The number of alkyl halides is 9. The van der Waals surface area contributed by atoms with Gasteiger partial charge in [-0.2, -0.15) is 47.9 Å². The summed E-state index contributed by atoms with van der Waals surface area (Å²) in [4.78, 5) is 0. The molecule has 0 bridgehead atoms. The van der Waals surface area contributed by atoms with Crippen molar-refractivity contribution in [3.63, 3.8) is 0 Å². The van der Waals surface area contributed by atoms with Crippen LogP contribution < -0.4 is 0 Å². The smallest absolute Gasteiger partial charge is 0.426 e. The molecule has 0 amide bonds. The van der Waals surface area contributed by atoms with E-state index in [1.165, 1.54) is 13.8 Å². The predicted molar refractivity (Wildman–Crippen MR) is 108 cm³/mol. The molecule has 1 aromatic carbocycles. The molecule has 0 atom stereocenters. The van der Waals surface area contributed by atoms with Crippen molar-refractivity contribution in [2.24, 2.45) is 5.92 Å². The zero-order valence-corrected chi connectivity index (χ0v) is 19.4. The van der Waals surface area contributed by atoms with Gasteiger partial charge in [0.1, 0.15) is 4.75 Å². The molecule has 0 unspecified atom stereocenters. The summed E-state index contributed by atoms with van der Waals surface area (Å²) in [7, 11) is -4.06. The van der Waals surface area contributed by atoms with Crippen LogP contribution in [-0.4, -0.2) is 54.8 Å². The lowest BCUT2D eigenvalue weighted by atomic mass is 9.74. The molecule has 204 valence electrons. The van der Waals surface area contributed by atoms with Crippen molar-refractivity contribution in [2.75, 3.05) is 6.54 Å². The third kappa shape index (κ3) is 7.95. The average Bonchev–Trinajstić information content (AvgIpc) is 2.70. The Morgan fingerprint density at radius 3 is 1.63 bits per heavy atom. The van der Waals surface area contributed by atoms with Crippen molar-refractivity contribution in [2.45, 2.75) is 74.4 Å². The normalized spacial score (nSPS) is 20.7. The predicted octanol–water partition coefficient (Wildman–Crippen LogP) is 6.15. The minimum Gasteiger partial charge on any atom is -0.652 e. The van der Waals surface area contributed by atoms with Gasteiger partial charge in [-0.15, -0.1) is 6.04 Å². The fourth-order valence-corrected chi connectivity index (χ4v) is 3.95. The molecule has 2 N–H and O–H groups in total. The highest BCUT2D eigenvalue weighted by Gasteiger charge is 2.73. The molecule has 2 rings (SSSR count). The standard InChI is InChI=1S/C11H13F9NO.C9H12O3S/c12-8(13,14)5-21-7-3-1-6(2-4-7)9(22,10(15,16)17)11(18,19)20;1-9(2,13(10,11)12)8-6-4-3-5-7-8/h6-7,22H,1-5H2;3-7H,1-2H3,(H,10,11,12)/q-1;. The molecule has 0 aliphatic heterocycles. The number of benzene rings is 1. The first kappa shape index (κ1) is 31.4. The second-order valence-electron chi connectivity index (χ2n) is 8.57. The average molecular weight is 546 g/mol. The molecule has 1 aliphatic rings. The summed E-state index contributed by atoms with van der Waals surface area (Å²) in [5.41, 5.74) is -4.27. The van der Waals surface area contributed by atoms with Crippen LogP contribution in [0, 0.1) is 5.92 Å². The van der Waals surface area contributed by atoms with Crippen LogP contribution >= 0.6 is 0 Å². The van der Waals surface area contributed by atoms with Crippen molar-refractivity contribution in [1.82, 2.24) is 0 Å². The van der Waals surface area contributed by atoms with Crippen LogP contribution in [0.15, 0.2) is 30.3 Å². The minimum absolute atomic E-state index is 0.366. The van der Waals surface area contributed by atoms with Crippen molar-refractivity contribution < 1.29 is 57.6 Å². The SMILES string of the molecule is CC(C)(c1ccccc1)S(=O)(=O)O.OC(C1CCC([N-]CC(F)(F)F)CC1)(C(F)(F)F)C(F)(F)F. The highest BCUT2D eigenvalue weighted by Crippen LogP contribution is 2.52. The molecule has 0 aromatic heterocycles. The first-order chi connectivity index (χ1) is 15.5. The maximum Gasteiger partial charge on any atom is 0.426 e. The van der Waals surface area contributed by atoms with Gasteiger partial charge >= 0.3 is 18.5 Å². The van der Waals surface area contributed by atoms with Gasteiger partial charge in [0.25, 0.3) is 15.7 Å². The third-order valence-corrected chi connectivity index (χ3v) is 7.32. The van der Waals surface area contributed by atoms with Crippen LogP contribution in [0.25, 0.3) is 5.32 Å². The van der Waals surface area contributed by atoms with E-state index in [4.69, 9.17) is 4.55 Å². The van der Waals surface area contributed by atoms with Gasteiger partial charge in [-0.25, -0.2) is 0 Å². The van der Waals surface area contributed by atoms with E-state index in [9.17, 15) is 53.0 Å². The largest absolute Gasteiger partial charge is 0.652 e. The van der Waals surface area contributed by atoms with Gasteiger partial charge < -0.3 is 10.4 Å². The summed E-state index contributed by atoms with van der Waals surface area (Å²) in [5.74, 6) is -2.15. The van der Waals surface area contributed by atoms with Crippen LogP contribution in [0.3, 0.4) is 0 Å². The zero-order valence-electron chi connectivity index (χ0n) is 18.5. The minimum atomic E-state index is -5.91. The number of rotatable bonds is 5.